The Morgan fingerprint density at radius 1 is 1.13 bits per heavy atom. The second kappa shape index (κ2) is 8.65. The molecule has 3 fully saturated rings. The molecule has 0 radical (unpaired) electrons. The molecular formula is C22H35N7O. The smallest absolute Gasteiger partial charge is 0.223 e. The van der Waals surface area contributed by atoms with E-state index < -0.39 is 0 Å². The van der Waals surface area contributed by atoms with Crippen LogP contribution in [0.25, 0.3) is 0 Å². The third-order valence-corrected chi connectivity index (χ3v) is 7.19. The lowest BCUT2D eigenvalue weighted by molar-refractivity contribution is -0.0375. The van der Waals surface area contributed by atoms with Gasteiger partial charge in [0.2, 0.25) is 5.95 Å². The van der Waals surface area contributed by atoms with Gasteiger partial charge in [-0.15, -0.1) is 5.10 Å². The molecule has 1 saturated heterocycles. The minimum atomic E-state index is 0.233. The number of rotatable bonds is 9. The van der Waals surface area contributed by atoms with E-state index in [0.29, 0.717) is 11.8 Å². The van der Waals surface area contributed by atoms with Crippen molar-refractivity contribution >= 4 is 5.95 Å². The van der Waals surface area contributed by atoms with E-state index in [1.807, 2.05) is 4.68 Å². The summed E-state index contributed by atoms with van der Waals surface area (Å²) in [5.41, 5.74) is 1.11. The van der Waals surface area contributed by atoms with Crippen LogP contribution < -0.4 is 4.90 Å². The van der Waals surface area contributed by atoms with E-state index in [2.05, 4.69) is 50.0 Å². The predicted octanol–water partition coefficient (Wildman–Crippen LogP) is 3.11. The van der Waals surface area contributed by atoms with Crippen molar-refractivity contribution < 1.29 is 4.74 Å². The first-order chi connectivity index (χ1) is 14.7. The summed E-state index contributed by atoms with van der Waals surface area (Å²) < 4.78 is 10.6. The van der Waals surface area contributed by atoms with Crippen LogP contribution in [-0.2, 0) is 17.7 Å². The van der Waals surface area contributed by atoms with Gasteiger partial charge in [-0.1, -0.05) is 18.6 Å². The van der Waals surface area contributed by atoms with Crippen LogP contribution >= 0.6 is 0 Å². The minimum Gasteiger partial charge on any atom is -0.376 e. The fourth-order valence-electron chi connectivity index (χ4n) is 5.23. The van der Waals surface area contributed by atoms with Gasteiger partial charge >= 0.3 is 0 Å². The molecule has 0 bridgehead atoms. The van der Waals surface area contributed by atoms with Gasteiger partial charge in [0.05, 0.1) is 17.8 Å². The van der Waals surface area contributed by atoms with Crippen molar-refractivity contribution in [2.75, 3.05) is 24.6 Å². The maximum atomic E-state index is 6.50. The number of fused-ring (bicyclic) bond motifs is 1. The van der Waals surface area contributed by atoms with Crippen molar-refractivity contribution in [3.63, 3.8) is 0 Å². The first-order valence-electron chi connectivity index (χ1n) is 11.9. The Morgan fingerprint density at radius 3 is 2.73 bits per heavy atom. The van der Waals surface area contributed by atoms with Crippen LogP contribution in [0, 0.1) is 17.8 Å². The number of unbranched alkanes of at least 4 members (excludes halogenated alkanes) is 1. The standard InChI is InChI=1S/C22H35N7O/c1-3-5-6-19-13-29(26-25-19)20-9-17-11-27(22-23-15-24-28(22)4-2)12-18(17)10-21(20)30-14-16-7-8-16/h13,15-18,20-21H,3-12,14H2,1-2H3/t17-,18+,20-,21-/m1/s1. The van der Waals surface area contributed by atoms with Crippen LogP contribution in [0.2, 0.25) is 0 Å². The number of hydrogen-bond acceptors (Lipinski definition) is 6. The van der Waals surface area contributed by atoms with Crippen molar-refractivity contribution in [2.24, 2.45) is 17.8 Å². The summed E-state index contributed by atoms with van der Waals surface area (Å²) in [6.07, 6.45) is 12.3. The summed E-state index contributed by atoms with van der Waals surface area (Å²) in [5, 5.41) is 13.4. The highest BCUT2D eigenvalue weighted by Crippen LogP contribution is 2.44. The van der Waals surface area contributed by atoms with Crippen molar-refractivity contribution in [1.29, 1.82) is 0 Å². The van der Waals surface area contributed by atoms with Gasteiger partial charge in [-0.25, -0.2) is 9.36 Å². The zero-order valence-electron chi connectivity index (χ0n) is 18.4. The number of ether oxygens (including phenoxy) is 1. The Morgan fingerprint density at radius 2 is 1.97 bits per heavy atom. The largest absolute Gasteiger partial charge is 0.376 e. The third-order valence-electron chi connectivity index (χ3n) is 7.19. The molecule has 4 atom stereocenters. The second-order valence-corrected chi connectivity index (χ2v) is 9.45. The molecule has 1 aliphatic heterocycles. The Kier molecular flexibility index (Phi) is 5.76. The molecule has 2 aromatic heterocycles. The minimum absolute atomic E-state index is 0.233. The lowest BCUT2D eigenvalue weighted by atomic mass is 9.77. The second-order valence-electron chi connectivity index (χ2n) is 9.45. The molecule has 2 saturated carbocycles. The fraction of sp³-hybridized carbons (Fsp3) is 0.818. The topological polar surface area (TPSA) is 73.9 Å². The van der Waals surface area contributed by atoms with Gasteiger partial charge in [0, 0.05) is 32.4 Å². The highest BCUT2D eigenvalue weighted by atomic mass is 16.5. The van der Waals surface area contributed by atoms with E-state index >= 15 is 0 Å². The molecule has 3 aliphatic rings. The molecule has 0 amide bonds. The monoisotopic (exact) mass is 413 g/mol. The molecule has 8 heteroatoms. The SMILES string of the molecule is CCCCc1cn([C@@H]2C[C@@H]3CN(c4ncnn4CC)C[C@@H]3C[C@H]2OCC2CC2)nn1. The van der Waals surface area contributed by atoms with Gasteiger partial charge in [0.15, 0.2) is 0 Å². The van der Waals surface area contributed by atoms with E-state index in [0.717, 1.165) is 63.1 Å². The molecule has 0 aromatic carbocycles. The van der Waals surface area contributed by atoms with Crippen molar-refractivity contribution in [3.05, 3.63) is 18.2 Å². The summed E-state index contributed by atoms with van der Waals surface area (Å²) in [6.45, 7) is 8.21. The zero-order valence-corrected chi connectivity index (χ0v) is 18.4. The molecule has 0 unspecified atom stereocenters. The van der Waals surface area contributed by atoms with Crippen LogP contribution in [0.1, 0.15) is 64.1 Å². The summed E-state index contributed by atoms with van der Waals surface area (Å²) in [4.78, 5) is 6.97. The van der Waals surface area contributed by atoms with E-state index in [9.17, 15) is 0 Å². The molecule has 30 heavy (non-hydrogen) atoms. The van der Waals surface area contributed by atoms with Crippen molar-refractivity contribution in [1.82, 2.24) is 29.8 Å². The zero-order chi connectivity index (χ0) is 20.5. The predicted molar refractivity (Wildman–Crippen MR) is 114 cm³/mol. The lowest BCUT2D eigenvalue weighted by Gasteiger charge is -2.37. The van der Waals surface area contributed by atoms with Crippen LogP contribution in [0.5, 0.6) is 0 Å². The molecule has 0 spiro atoms. The van der Waals surface area contributed by atoms with Crippen LogP contribution in [0.15, 0.2) is 12.5 Å². The highest BCUT2D eigenvalue weighted by Gasteiger charge is 2.45. The lowest BCUT2D eigenvalue weighted by Crippen LogP contribution is -2.38. The average Bonchev–Trinajstić information content (AvgIpc) is 3.15. The van der Waals surface area contributed by atoms with Gasteiger partial charge in [-0.05, 0) is 63.2 Å². The van der Waals surface area contributed by atoms with Gasteiger partial charge in [-0.2, -0.15) is 10.1 Å². The van der Waals surface area contributed by atoms with E-state index in [1.165, 1.54) is 25.7 Å². The van der Waals surface area contributed by atoms with Crippen LogP contribution in [-0.4, -0.2) is 55.6 Å². The van der Waals surface area contributed by atoms with Crippen molar-refractivity contribution in [3.8, 4) is 0 Å². The quantitative estimate of drug-likeness (QED) is 0.629. The summed E-state index contributed by atoms with van der Waals surface area (Å²) in [7, 11) is 0. The first kappa shape index (κ1) is 20.0. The Labute approximate surface area is 179 Å². The molecule has 5 rings (SSSR count). The molecule has 8 nitrogen and oxygen atoms in total. The van der Waals surface area contributed by atoms with Crippen LogP contribution in [0.4, 0.5) is 5.95 Å². The normalized spacial score (nSPS) is 28.8. The van der Waals surface area contributed by atoms with Gasteiger partial charge in [0.25, 0.3) is 0 Å². The molecule has 0 N–H and O–H groups in total. The molecular weight excluding hydrogens is 378 g/mol. The third kappa shape index (κ3) is 4.11. The van der Waals surface area contributed by atoms with Gasteiger partial charge in [-0.3, -0.25) is 0 Å². The number of aromatic nitrogens is 6. The first-order valence-corrected chi connectivity index (χ1v) is 11.9. The Bertz CT molecular complexity index is 829. The van der Waals surface area contributed by atoms with E-state index in [-0.39, 0.29) is 12.1 Å². The maximum Gasteiger partial charge on any atom is 0.223 e. The summed E-state index contributed by atoms with van der Waals surface area (Å²) in [5.74, 6) is 3.08. The van der Waals surface area contributed by atoms with Crippen LogP contribution in [0.3, 0.4) is 0 Å². The maximum absolute atomic E-state index is 6.50. The molecule has 3 heterocycles. The average molecular weight is 414 g/mol. The molecule has 2 aliphatic carbocycles. The number of aryl methyl sites for hydroxylation is 2. The molecule has 2 aromatic rings. The fourth-order valence-corrected chi connectivity index (χ4v) is 5.23. The van der Waals surface area contributed by atoms with Gasteiger partial charge < -0.3 is 9.64 Å². The Hall–Kier alpha value is -1.96. The highest BCUT2D eigenvalue weighted by molar-refractivity contribution is 5.32. The van der Waals surface area contributed by atoms with E-state index in [1.54, 1.807) is 6.33 Å². The van der Waals surface area contributed by atoms with Gasteiger partial charge in [0.1, 0.15) is 6.33 Å². The van der Waals surface area contributed by atoms with E-state index in [4.69, 9.17) is 4.74 Å². The summed E-state index contributed by atoms with van der Waals surface area (Å²) in [6, 6.07) is 0.289. The number of anilines is 1. The van der Waals surface area contributed by atoms with Crippen molar-refractivity contribution in [2.45, 2.75) is 77.5 Å². The Balaban J connectivity index is 1.32. The number of hydrogen-bond donors (Lipinski definition) is 0. The molecule has 164 valence electrons. The number of nitrogens with zero attached hydrogens (tertiary/aromatic N) is 7. The summed E-state index contributed by atoms with van der Waals surface area (Å²) >= 11 is 0.